The van der Waals surface area contributed by atoms with E-state index in [1.54, 1.807) is 30.5 Å². The second-order valence-electron chi connectivity index (χ2n) is 18.4. The summed E-state index contributed by atoms with van der Waals surface area (Å²) in [6.45, 7) is 10.4. The number of fused-ring (bicyclic) bond motifs is 4. The molecule has 11 heteroatoms. The van der Waals surface area contributed by atoms with Crippen LogP contribution in [0.25, 0.3) is 83.6 Å². The van der Waals surface area contributed by atoms with Gasteiger partial charge in [-0.2, -0.15) is 26.3 Å². The fourth-order valence-electron chi connectivity index (χ4n) is 8.67. The number of pyridine rings is 1. The second kappa shape index (κ2) is 20.1. The van der Waals surface area contributed by atoms with Gasteiger partial charge < -0.3 is 14.0 Å². The molecule has 0 atom stereocenters. The Hall–Kier alpha value is -6.81. The number of benzene rings is 7. The maximum absolute atomic E-state index is 14.7. The number of nitrogens with zero attached hydrogens (tertiary/aromatic N) is 3. The van der Waals surface area contributed by atoms with Crippen LogP contribution in [0, 0.1) is 17.5 Å². The molecule has 0 aliphatic carbocycles. The fraction of sp³-hybridized carbons (Fsp3) is 0.200. The van der Waals surface area contributed by atoms with Gasteiger partial charge in [-0.05, 0) is 105 Å². The third kappa shape index (κ3) is 10.2. The molecule has 10 rings (SSSR count). The van der Waals surface area contributed by atoms with Crippen molar-refractivity contribution in [2.45, 2.75) is 72.1 Å². The van der Waals surface area contributed by atoms with Crippen molar-refractivity contribution < 1.29 is 53.6 Å². The summed E-state index contributed by atoms with van der Waals surface area (Å²) in [6, 6.07) is 54.0. The zero-order valence-electron chi connectivity index (χ0n) is 41.6. The third-order valence-corrected chi connectivity index (χ3v) is 12.4. The molecule has 0 fully saturated rings. The molecule has 0 bridgehead atoms. The van der Waals surface area contributed by atoms with Gasteiger partial charge in [-0.3, -0.25) is 4.98 Å². The number of aromatic nitrogens is 3. The van der Waals surface area contributed by atoms with Gasteiger partial charge in [-0.15, -0.1) is 47.5 Å². The first-order chi connectivity index (χ1) is 34.2. The summed E-state index contributed by atoms with van der Waals surface area (Å²) in [5, 5.41) is 0.398. The molecular weight excluding hydrogens is 1080 g/mol. The van der Waals surface area contributed by atoms with Crippen LogP contribution in [-0.4, -0.2) is 20.7 Å². The molecule has 363 valence electrons. The Morgan fingerprint density at radius 2 is 1.28 bits per heavy atom. The first-order valence-electron chi connectivity index (χ1n) is 23.9. The minimum atomic E-state index is -4.66. The molecule has 71 heavy (non-hydrogen) atoms. The summed E-state index contributed by atoms with van der Waals surface area (Å²) < 4.78 is 108. The number of hydrogen-bond acceptors (Lipinski definition) is 3. The predicted octanol–water partition coefficient (Wildman–Crippen LogP) is 17.7. The minimum absolute atomic E-state index is 0. The average Bonchev–Trinajstić information content (AvgIpc) is 3.95. The summed E-state index contributed by atoms with van der Waals surface area (Å²) in [6.07, 6.45) is -10.2. The van der Waals surface area contributed by atoms with E-state index in [2.05, 4.69) is 73.6 Å². The van der Waals surface area contributed by atoms with Gasteiger partial charge in [0.2, 0.25) is 0 Å². The van der Waals surface area contributed by atoms with E-state index in [4.69, 9.17) is 12.1 Å². The van der Waals surface area contributed by atoms with Crippen molar-refractivity contribution >= 4 is 33.0 Å². The van der Waals surface area contributed by atoms with Crippen molar-refractivity contribution in [2.24, 2.45) is 5.41 Å². The quantitative estimate of drug-likeness (QED) is 0.107. The first kappa shape index (κ1) is 47.8. The smallest absolute Gasteiger partial charge is 0.393 e. The zero-order chi connectivity index (χ0) is 51.3. The van der Waals surface area contributed by atoms with E-state index in [1.165, 1.54) is 18.2 Å². The van der Waals surface area contributed by atoms with Gasteiger partial charge in [0.25, 0.3) is 0 Å². The molecule has 10 aromatic rings. The van der Waals surface area contributed by atoms with Crippen molar-refractivity contribution in [2.75, 3.05) is 0 Å². The Morgan fingerprint density at radius 1 is 0.662 bits per heavy atom. The van der Waals surface area contributed by atoms with Gasteiger partial charge >= 0.3 is 12.4 Å². The van der Waals surface area contributed by atoms with Crippen molar-refractivity contribution in [1.82, 2.24) is 14.5 Å². The van der Waals surface area contributed by atoms with E-state index in [9.17, 15) is 26.3 Å². The van der Waals surface area contributed by atoms with Crippen LogP contribution in [0.3, 0.4) is 0 Å². The SMILES string of the molecule is CC(C)c1cc(-c2ccccc2)cc(C(C)C)c1-n1c(-c2[c-]cc(C(F)(F)F)c3c2oc2cc(-c4ccccc4)ccc23)nc2ccccc21.[2H]C([2H])(c1c[c-]c(-c2ccccn2)cc1)C(C)(C)C(F)(F)F.[Ir]. The Morgan fingerprint density at radius 3 is 1.86 bits per heavy atom. The van der Waals surface area contributed by atoms with Gasteiger partial charge in [-0.25, -0.2) is 0 Å². The number of rotatable bonds is 9. The van der Waals surface area contributed by atoms with E-state index in [0.29, 0.717) is 33.6 Å². The van der Waals surface area contributed by atoms with Gasteiger partial charge in [0, 0.05) is 40.1 Å². The molecular formula is C60H49F6IrN3O-2. The predicted molar refractivity (Wildman–Crippen MR) is 269 cm³/mol. The third-order valence-electron chi connectivity index (χ3n) is 12.4. The largest absolute Gasteiger partial charge is 0.501 e. The van der Waals surface area contributed by atoms with Crippen molar-refractivity contribution in [3.05, 3.63) is 198 Å². The summed E-state index contributed by atoms with van der Waals surface area (Å²) in [5.74, 6) is 0.724. The maximum atomic E-state index is 14.7. The zero-order valence-corrected chi connectivity index (χ0v) is 42.0. The number of hydrogen-bond donors (Lipinski definition) is 0. The number of imidazole rings is 1. The first-order valence-corrected chi connectivity index (χ1v) is 22.9. The van der Waals surface area contributed by atoms with Crippen LogP contribution < -0.4 is 0 Å². The molecule has 3 heterocycles. The molecule has 0 saturated heterocycles. The number of para-hydroxylation sites is 2. The minimum Gasteiger partial charge on any atom is -0.501 e. The van der Waals surface area contributed by atoms with E-state index < -0.39 is 29.7 Å². The Balaban J connectivity index is 0.000000260. The molecule has 0 aliphatic rings. The van der Waals surface area contributed by atoms with Crippen LogP contribution in [0.5, 0.6) is 0 Å². The number of halogens is 6. The van der Waals surface area contributed by atoms with Gasteiger partial charge in [0.15, 0.2) is 0 Å². The second-order valence-corrected chi connectivity index (χ2v) is 18.4. The summed E-state index contributed by atoms with van der Waals surface area (Å²) in [7, 11) is 0. The van der Waals surface area contributed by atoms with Crippen LogP contribution in [0.15, 0.2) is 168 Å². The van der Waals surface area contributed by atoms with Crippen LogP contribution in [0.4, 0.5) is 26.3 Å². The summed E-state index contributed by atoms with van der Waals surface area (Å²) >= 11 is 0. The Kier molecular flexibility index (Phi) is 13.6. The van der Waals surface area contributed by atoms with Crippen LogP contribution in [0.1, 0.15) is 78.4 Å². The molecule has 7 aromatic carbocycles. The van der Waals surface area contributed by atoms with Crippen molar-refractivity contribution in [3.8, 4) is 50.6 Å². The number of furan rings is 1. The van der Waals surface area contributed by atoms with Crippen LogP contribution in [-0.2, 0) is 32.7 Å². The normalized spacial score (nSPS) is 12.8. The van der Waals surface area contributed by atoms with Gasteiger partial charge in [0.1, 0.15) is 5.58 Å². The standard InChI is InChI=1S/C44H34F3N2O.C16H15F3N.Ir/c1-26(2)34-23-31(29-15-9-6-10-16-29)24-35(27(3)4)41(34)49-38-18-12-11-17-37(38)48-43(49)33-21-22-36(44(45,46)47)40-32-20-19-30(25-39(32)50-42(33)40)28-13-7-5-8-14-28;1-15(2,16(17,18)19)11-12-6-8-13(9-7-12)14-5-3-4-10-20-14;/h5-20,22-27H,1-4H3;3-8,10H,11H2,1-2H3;/q2*-1;/i;11D2;. The van der Waals surface area contributed by atoms with Crippen LogP contribution in [0.2, 0.25) is 0 Å². The number of alkyl halides is 6. The van der Waals surface area contributed by atoms with E-state index in [-0.39, 0.29) is 48.5 Å². The Bertz CT molecular complexity index is 3520. The molecule has 1 radical (unpaired) electrons. The van der Waals surface area contributed by atoms with Gasteiger partial charge in [-0.1, -0.05) is 144 Å². The van der Waals surface area contributed by atoms with Crippen LogP contribution >= 0.6 is 0 Å². The maximum Gasteiger partial charge on any atom is 0.393 e. The molecule has 0 unspecified atom stereocenters. The molecule has 0 spiro atoms. The van der Waals surface area contributed by atoms with Crippen molar-refractivity contribution in [1.29, 1.82) is 0 Å². The summed E-state index contributed by atoms with van der Waals surface area (Å²) in [4.78, 5) is 9.23. The molecule has 0 saturated carbocycles. The monoisotopic (exact) mass is 1140 g/mol. The summed E-state index contributed by atoms with van der Waals surface area (Å²) in [5.41, 5.74) is 7.52. The van der Waals surface area contributed by atoms with Crippen molar-refractivity contribution in [3.63, 3.8) is 0 Å². The topological polar surface area (TPSA) is 43.9 Å². The van der Waals surface area contributed by atoms with E-state index >= 15 is 0 Å². The average molecular weight is 1140 g/mol. The molecule has 0 N–H and O–H groups in total. The fourth-order valence-corrected chi connectivity index (χ4v) is 8.67. The molecule has 4 nitrogen and oxygen atoms in total. The van der Waals surface area contributed by atoms with Gasteiger partial charge in [0.05, 0.1) is 27.9 Å². The molecule has 3 aromatic heterocycles. The molecule has 0 aliphatic heterocycles. The van der Waals surface area contributed by atoms with E-state index in [0.717, 1.165) is 70.0 Å². The Labute approximate surface area is 425 Å². The molecule has 0 amide bonds. The van der Waals surface area contributed by atoms with E-state index in [1.807, 2.05) is 84.9 Å².